The summed E-state index contributed by atoms with van der Waals surface area (Å²) in [6.45, 7) is 2.18. The van der Waals surface area contributed by atoms with Crippen LogP contribution in [-0.4, -0.2) is 38.0 Å². The van der Waals surface area contributed by atoms with E-state index in [1.165, 1.54) is 25.5 Å². The van der Waals surface area contributed by atoms with E-state index in [9.17, 15) is 13.2 Å². The highest BCUT2D eigenvalue weighted by Crippen LogP contribution is 2.27. The summed E-state index contributed by atoms with van der Waals surface area (Å²) in [5.41, 5.74) is 0. The zero-order valence-corrected chi connectivity index (χ0v) is 14.6. The molecule has 0 unspecified atom stereocenters. The zero-order chi connectivity index (χ0) is 16.2. The van der Waals surface area contributed by atoms with Crippen LogP contribution in [0.25, 0.3) is 0 Å². The van der Waals surface area contributed by atoms with Gasteiger partial charge in [0.2, 0.25) is 0 Å². The Morgan fingerprint density at radius 2 is 1.77 bits per heavy atom. The van der Waals surface area contributed by atoms with Crippen LogP contribution in [-0.2, 0) is 9.84 Å². The van der Waals surface area contributed by atoms with Crippen molar-refractivity contribution in [2.75, 3.05) is 6.26 Å². The van der Waals surface area contributed by atoms with Crippen LogP contribution in [0.1, 0.15) is 64.7 Å². The molecule has 2 aliphatic carbocycles. The first-order valence-corrected chi connectivity index (χ1v) is 10.6. The molecule has 0 aliphatic heterocycles. The molecular weight excluding hydrogens is 300 g/mol. The Balaban J connectivity index is 1.83. The van der Waals surface area contributed by atoms with Crippen LogP contribution < -0.4 is 10.6 Å². The molecule has 0 radical (unpaired) electrons. The number of sulfone groups is 1. The molecule has 5 nitrogen and oxygen atoms in total. The molecule has 4 atom stereocenters. The smallest absolute Gasteiger partial charge is 0.315 e. The third-order valence-corrected chi connectivity index (χ3v) is 6.96. The van der Waals surface area contributed by atoms with Gasteiger partial charge in [0.25, 0.3) is 0 Å². The van der Waals surface area contributed by atoms with Crippen molar-refractivity contribution in [3.8, 4) is 0 Å². The normalized spacial score (nSPS) is 33.2. The Labute approximate surface area is 134 Å². The van der Waals surface area contributed by atoms with Gasteiger partial charge in [-0.05, 0) is 38.0 Å². The second-order valence-electron chi connectivity index (χ2n) is 6.99. The van der Waals surface area contributed by atoms with Gasteiger partial charge in [-0.15, -0.1) is 0 Å². The summed E-state index contributed by atoms with van der Waals surface area (Å²) >= 11 is 0. The van der Waals surface area contributed by atoms with Gasteiger partial charge in [0.05, 0.1) is 5.25 Å². The molecule has 128 valence electrons. The van der Waals surface area contributed by atoms with Crippen molar-refractivity contribution in [2.24, 2.45) is 5.92 Å². The van der Waals surface area contributed by atoms with Crippen LogP contribution in [0.3, 0.4) is 0 Å². The lowest BCUT2D eigenvalue weighted by molar-refractivity contribution is 0.209. The number of amides is 2. The fraction of sp³-hybridized carbons (Fsp3) is 0.938. The second kappa shape index (κ2) is 7.66. The summed E-state index contributed by atoms with van der Waals surface area (Å²) in [7, 11) is -3.01. The van der Waals surface area contributed by atoms with Gasteiger partial charge < -0.3 is 10.6 Å². The van der Waals surface area contributed by atoms with Crippen LogP contribution in [0.15, 0.2) is 0 Å². The molecule has 0 bridgehead atoms. The van der Waals surface area contributed by atoms with Gasteiger partial charge in [-0.3, -0.25) is 0 Å². The standard InChI is InChI=1S/C16H30N2O3S/c1-3-12-7-4-5-10-15(12)18-16(19)17-13-8-6-9-14(11-13)22(2,20)21/h12-15H,3-11H2,1-2H3,(H2,17,18,19)/t12-,13+,14+,15+/m1/s1. The molecule has 0 aromatic carbocycles. The maximum Gasteiger partial charge on any atom is 0.315 e. The molecule has 0 saturated heterocycles. The second-order valence-corrected chi connectivity index (χ2v) is 9.32. The molecule has 0 spiro atoms. The Kier molecular flexibility index (Phi) is 6.12. The van der Waals surface area contributed by atoms with E-state index in [-0.39, 0.29) is 23.4 Å². The largest absolute Gasteiger partial charge is 0.335 e. The third-order valence-electron chi connectivity index (χ3n) is 5.32. The molecule has 2 amide bonds. The van der Waals surface area contributed by atoms with Crippen LogP contribution in [0.2, 0.25) is 0 Å². The van der Waals surface area contributed by atoms with Crippen molar-refractivity contribution in [2.45, 2.75) is 82.0 Å². The lowest BCUT2D eigenvalue weighted by Gasteiger charge is -2.33. The summed E-state index contributed by atoms with van der Waals surface area (Å²) in [6.07, 6.45) is 10.1. The molecule has 0 aromatic heterocycles. The van der Waals surface area contributed by atoms with Gasteiger partial charge >= 0.3 is 6.03 Å². The molecule has 6 heteroatoms. The number of hydrogen-bond acceptors (Lipinski definition) is 3. The molecule has 2 saturated carbocycles. The minimum absolute atomic E-state index is 0.0165. The fourth-order valence-electron chi connectivity index (χ4n) is 3.95. The topological polar surface area (TPSA) is 75.3 Å². The van der Waals surface area contributed by atoms with Crippen molar-refractivity contribution < 1.29 is 13.2 Å². The van der Waals surface area contributed by atoms with E-state index in [4.69, 9.17) is 0 Å². The van der Waals surface area contributed by atoms with Crippen LogP contribution in [0, 0.1) is 5.92 Å². The van der Waals surface area contributed by atoms with Gasteiger partial charge in [-0.2, -0.15) is 0 Å². The van der Waals surface area contributed by atoms with E-state index in [2.05, 4.69) is 17.6 Å². The summed E-state index contributed by atoms with van der Waals surface area (Å²) in [6, 6.07) is 0.134. The monoisotopic (exact) mass is 330 g/mol. The van der Waals surface area contributed by atoms with Crippen LogP contribution >= 0.6 is 0 Å². The number of nitrogens with one attached hydrogen (secondary N) is 2. The van der Waals surface area contributed by atoms with Crippen molar-refractivity contribution in [1.82, 2.24) is 10.6 Å². The minimum atomic E-state index is -3.01. The van der Waals surface area contributed by atoms with Gasteiger partial charge in [0, 0.05) is 18.3 Å². The number of urea groups is 1. The Hall–Kier alpha value is -0.780. The van der Waals surface area contributed by atoms with E-state index in [0.29, 0.717) is 12.3 Å². The van der Waals surface area contributed by atoms with Crippen molar-refractivity contribution in [3.63, 3.8) is 0 Å². The first-order valence-electron chi connectivity index (χ1n) is 8.66. The van der Waals surface area contributed by atoms with Crippen LogP contribution in [0.5, 0.6) is 0 Å². The highest BCUT2D eigenvalue weighted by atomic mass is 32.2. The third kappa shape index (κ3) is 4.86. The molecule has 2 rings (SSSR count). The highest BCUT2D eigenvalue weighted by Gasteiger charge is 2.30. The Morgan fingerprint density at radius 3 is 2.45 bits per heavy atom. The Bertz CT molecular complexity index is 478. The maximum absolute atomic E-state index is 12.2. The quantitative estimate of drug-likeness (QED) is 0.832. The van der Waals surface area contributed by atoms with E-state index >= 15 is 0 Å². The van der Waals surface area contributed by atoms with Crippen LogP contribution in [0.4, 0.5) is 4.79 Å². The van der Waals surface area contributed by atoms with Crippen molar-refractivity contribution >= 4 is 15.9 Å². The number of hydrogen-bond donors (Lipinski definition) is 2. The van der Waals surface area contributed by atoms with Gasteiger partial charge in [-0.1, -0.05) is 32.6 Å². The zero-order valence-electron chi connectivity index (χ0n) is 13.8. The van der Waals surface area contributed by atoms with Gasteiger partial charge in [0.1, 0.15) is 9.84 Å². The molecule has 2 fully saturated rings. The molecule has 2 N–H and O–H groups in total. The lowest BCUT2D eigenvalue weighted by atomic mass is 9.83. The van der Waals surface area contributed by atoms with Gasteiger partial charge in [0.15, 0.2) is 0 Å². The molecule has 2 aliphatic rings. The summed E-state index contributed by atoms with van der Waals surface area (Å²) in [4.78, 5) is 12.2. The van der Waals surface area contributed by atoms with E-state index < -0.39 is 9.84 Å². The number of carbonyl (C=O) groups is 1. The predicted octanol–water partition coefficient (Wildman–Crippen LogP) is 2.61. The Morgan fingerprint density at radius 1 is 1.05 bits per heavy atom. The first-order chi connectivity index (χ1) is 10.4. The van der Waals surface area contributed by atoms with E-state index in [1.54, 1.807) is 0 Å². The maximum atomic E-state index is 12.2. The minimum Gasteiger partial charge on any atom is -0.335 e. The van der Waals surface area contributed by atoms with Crippen molar-refractivity contribution in [3.05, 3.63) is 0 Å². The summed E-state index contributed by atoms with van der Waals surface area (Å²) in [5.74, 6) is 0.578. The lowest BCUT2D eigenvalue weighted by Crippen LogP contribution is -2.51. The first kappa shape index (κ1) is 17.6. The molecule has 0 aromatic rings. The number of rotatable bonds is 4. The summed E-state index contributed by atoms with van der Waals surface area (Å²) < 4.78 is 23.4. The fourth-order valence-corrected chi connectivity index (χ4v) is 5.12. The SMILES string of the molecule is CC[C@@H]1CCCC[C@@H]1NC(=O)N[C@H]1CCC[C@H](S(C)(=O)=O)C1. The van der Waals surface area contributed by atoms with E-state index in [0.717, 1.165) is 32.1 Å². The van der Waals surface area contributed by atoms with Crippen molar-refractivity contribution in [1.29, 1.82) is 0 Å². The average molecular weight is 330 g/mol. The van der Waals surface area contributed by atoms with Gasteiger partial charge in [-0.25, -0.2) is 13.2 Å². The average Bonchev–Trinajstić information content (AvgIpc) is 2.47. The predicted molar refractivity (Wildman–Crippen MR) is 88.6 cm³/mol. The highest BCUT2D eigenvalue weighted by molar-refractivity contribution is 7.91. The molecule has 22 heavy (non-hydrogen) atoms. The molecular formula is C16H30N2O3S. The number of carbonyl (C=O) groups excluding carboxylic acids is 1. The van der Waals surface area contributed by atoms with E-state index in [1.807, 2.05) is 0 Å². The molecule has 0 heterocycles. The summed E-state index contributed by atoms with van der Waals surface area (Å²) in [5, 5.41) is 5.82.